The first kappa shape index (κ1) is 25.5. The maximum absolute atomic E-state index is 2.44. The van der Waals surface area contributed by atoms with Gasteiger partial charge in [-0.05, 0) is 95.0 Å². The predicted molar refractivity (Wildman–Crippen MR) is 145 cm³/mol. The summed E-state index contributed by atoms with van der Waals surface area (Å²) < 4.78 is 0. The number of rotatable bonds is 7. The Morgan fingerprint density at radius 2 is 0.676 bits per heavy atom. The topological polar surface area (TPSA) is 0 Å². The lowest BCUT2D eigenvalue weighted by atomic mass is 9.54. The quantitative estimate of drug-likeness (QED) is 0.398. The highest BCUT2D eigenvalue weighted by atomic mass is 14.6. The Balaban J connectivity index is 1.47. The minimum absolute atomic E-state index is 0.0209. The van der Waals surface area contributed by atoms with Crippen molar-refractivity contribution in [3.63, 3.8) is 0 Å². The third kappa shape index (κ3) is 4.40. The van der Waals surface area contributed by atoms with Crippen LogP contribution in [0.3, 0.4) is 0 Å². The number of benzene rings is 2. The van der Waals surface area contributed by atoms with Gasteiger partial charge in [0.25, 0.3) is 0 Å². The lowest BCUT2D eigenvalue weighted by molar-refractivity contribution is 0.160. The van der Waals surface area contributed by atoms with Gasteiger partial charge in [-0.25, -0.2) is 0 Å². The molecule has 0 aliphatic heterocycles. The van der Waals surface area contributed by atoms with Crippen molar-refractivity contribution in [1.29, 1.82) is 0 Å². The molecule has 0 heteroatoms. The third-order valence-corrected chi connectivity index (χ3v) is 8.95. The molecule has 0 nitrogen and oxygen atoms in total. The second-order valence-corrected chi connectivity index (χ2v) is 12.0. The molecule has 2 aromatic carbocycles. The summed E-state index contributed by atoms with van der Waals surface area (Å²) in [6.45, 7) is 18.9. The summed E-state index contributed by atoms with van der Waals surface area (Å²) in [4.78, 5) is 0. The average molecular weight is 449 g/mol. The highest BCUT2D eigenvalue weighted by molar-refractivity contribution is 5.57. The lowest BCUT2D eigenvalue weighted by Gasteiger charge is -2.49. The molecular formula is C34H40. The van der Waals surface area contributed by atoms with Crippen LogP contribution in [0.25, 0.3) is 0 Å². The van der Waals surface area contributed by atoms with E-state index in [1.807, 2.05) is 0 Å². The first-order valence-corrected chi connectivity index (χ1v) is 12.5. The molecule has 0 spiro atoms. The zero-order chi connectivity index (χ0) is 24.8. The van der Waals surface area contributed by atoms with E-state index in [0.29, 0.717) is 0 Å². The van der Waals surface area contributed by atoms with Crippen LogP contribution in [0.1, 0.15) is 66.5 Å². The Labute approximate surface area is 211 Å². The van der Waals surface area contributed by atoms with Crippen LogP contribution >= 0.6 is 0 Å². The molecule has 2 fully saturated rings. The van der Waals surface area contributed by atoms with E-state index in [0.717, 1.165) is 0 Å². The molecule has 0 amide bonds. The molecule has 0 heterocycles. The molecule has 10 radical (unpaired) electrons. The second-order valence-electron chi connectivity index (χ2n) is 12.0. The Bertz CT molecular complexity index is 851. The van der Waals surface area contributed by atoms with Crippen LogP contribution in [-0.4, -0.2) is 0 Å². The molecule has 4 rings (SSSR count). The zero-order valence-corrected chi connectivity index (χ0v) is 22.2. The van der Waals surface area contributed by atoms with Crippen molar-refractivity contribution in [2.75, 3.05) is 0 Å². The van der Waals surface area contributed by atoms with Gasteiger partial charge >= 0.3 is 0 Å². The van der Waals surface area contributed by atoms with Crippen molar-refractivity contribution in [3.05, 3.63) is 134 Å². The third-order valence-electron chi connectivity index (χ3n) is 8.95. The van der Waals surface area contributed by atoms with Crippen LogP contribution in [0, 0.1) is 73.0 Å². The molecule has 0 unspecified atom stereocenters. The van der Waals surface area contributed by atoms with E-state index in [4.69, 9.17) is 0 Å². The second kappa shape index (κ2) is 9.15. The molecule has 0 atom stereocenters. The molecular weight excluding hydrogens is 408 g/mol. The summed E-state index contributed by atoms with van der Waals surface area (Å²) in [7, 11) is 0. The van der Waals surface area contributed by atoms with Gasteiger partial charge in [-0.15, -0.1) is 0 Å². The first-order chi connectivity index (χ1) is 15.9. The van der Waals surface area contributed by atoms with Crippen molar-refractivity contribution >= 4 is 0 Å². The Morgan fingerprint density at radius 3 is 1.00 bits per heavy atom. The maximum Gasteiger partial charge on any atom is -0.00355 e. The maximum atomic E-state index is 2.44. The lowest BCUT2D eigenvalue weighted by Crippen LogP contribution is -2.42. The van der Waals surface area contributed by atoms with E-state index >= 15 is 0 Å². The summed E-state index contributed by atoms with van der Waals surface area (Å²) in [6.07, 6.45) is 14.2. The molecule has 2 aliphatic rings. The molecule has 0 N–H and O–H groups in total. The summed E-state index contributed by atoms with van der Waals surface area (Å²) in [5.41, 5.74) is 2.61. The van der Waals surface area contributed by atoms with E-state index in [2.05, 4.69) is 155 Å². The fourth-order valence-corrected chi connectivity index (χ4v) is 5.21. The van der Waals surface area contributed by atoms with Crippen LogP contribution in [0.15, 0.2) is 60.7 Å². The molecule has 2 saturated carbocycles. The fraction of sp³-hybridized carbons (Fsp3) is 0.353. The molecule has 176 valence electrons. The molecule has 2 aromatic rings. The van der Waals surface area contributed by atoms with E-state index < -0.39 is 0 Å². The van der Waals surface area contributed by atoms with Crippen molar-refractivity contribution < 1.29 is 0 Å². The van der Waals surface area contributed by atoms with E-state index in [1.165, 1.54) is 34.8 Å². The largest absolute Gasteiger partial charge is 0.0622 e. The van der Waals surface area contributed by atoms with Crippen molar-refractivity contribution in [2.24, 2.45) is 10.8 Å². The smallest absolute Gasteiger partial charge is 0.00355 e. The van der Waals surface area contributed by atoms with Gasteiger partial charge in [0.15, 0.2) is 0 Å². The SMILES string of the molecule is CC(C)([C]1[CH][CH][C](C(C)(C)C(C)(C)[C]2[CH][CH][C](C(C)(C)c3ccccc3)[CH]2)[CH]1)c1ccccc1. The van der Waals surface area contributed by atoms with Crippen molar-refractivity contribution in [2.45, 2.75) is 66.2 Å². The van der Waals surface area contributed by atoms with Gasteiger partial charge in [0.1, 0.15) is 0 Å². The molecule has 0 aromatic heterocycles. The molecule has 2 aliphatic carbocycles. The van der Waals surface area contributed by atoms with Gasteiger partial charge < -0.3 is 0 Å². The predicted octanol–water partition coefficient (Wildman–Crippen LogP) is 8.55. The summed E-state index contributed by atoms with van der Waals surface area (Å²) in [5.74, 6) is 5.57. The number of hydrogen-bond donors (Lipinski definition) is 0. The van der Waals surface area contributed by atoms with Gasteiger partial charge in [0.2, 0.25) is 0 Å². The highest BCUT2D eigenvalue weighted by Crippen LogP contribution is 2.62. The van der Waals surface area contributed by atoms with Crippen molar-refractivity contribution in [1.82, 2.24) is 0 Å². The summed E-state index contributed by atoms with van der Waals surface area (Å²) in [5, 5.41) is 0. The van der Waals surface area contributed by atoms with E-state index in [1.54, 1.807) is 0 Å². The first-order valence-electron chi connectivity index (χ1n) is 12.5. The Kier molecular flexibility index (Phi) is 6.87. The van der Waals surface area contributed by atoms with Crippen LogP contribution in [0.5, 0.6) is 0 Å². The highest BCUT2D eigenvalue weighted by Gasteiger charge is 2.54. The van der Waals surface area contributed by atoms with Gasteiger partial charge in [-0.1, -0.05) is 116 Å². The minimum atomic E-state index is -0.0273. The molecule has 0 bridgehead atoms. The van der Waals surface area contributed by atoms with Gasteiger partial charge in [0, 0.05) is 0 Å². The van der Waals surface area contributed by atoms with Gasteiger partial charge in [-0.3, -0.25) is 0 Å². The standard InChI is InChI=1S/C34H40/c1-31(2,25-15-11-9-12-16-25)27-19-21-29(23-27)33(5,6)34(7,8)30-22-20-28(24-30)32(3,4)26-17-13-10-14-18-26/h9-24H,1-8H3. The van der Waals surface area contributed by atoms with Crippen LogP contribution < -0.4 is 0 Å². The number of hydrogen-bond acceptors (Lipinski definition) is 0. The molecule has 0 saturated heterocycles. The van der Waals surface area contributed by atoms with Crippen LogP contribution in [-0.2, 0) is 10.8 Å². The van der Waals surface area contributed by atoms with Crippen LogP contribution in [0.2, 0.25) is 0 Å². The molecule has 34 heavy (non-hydrogen) atoms. The summed E-state index contributed by atoms with van der Waals surface area (Å²) in [6, 6.07) is 21.7. The Morgan fingerprint density at radius 1 is 0.382 bits per heavy atom. The van der Waals surface area contributed by atoms with Gasteiger partial charge in [0.05, 0.1) is 0 Å². The average Bonchev–Trinajstić information content (AvgIpc) is 3.52. The normalized spacial score (nSPS) is 20.4. The Hall–Kier alpha value is -1.56. The summed E-state index contributed by atoms with van der Waals surface area (Å²) >= 11 is 0. The van der Waals surface area contributed by atoms with E-state index in [-0.39, 0.29) is 21.7 Å². The van der Waals surface area contributed by atoms with E-state index in [9.17, 15) is 0 Å². The zero-order valence-electron chi connectivity index (χ0n) is 22.2. The fourth-order valence-electron chi connectivity index (χ4n) is 5.21. The van der Waals surface area contributed by atoms with Crippen LogP contribution in [0.4, 0.5) is 0 Å². The monoisotopic (exact) mass is 448 g/mol. The van der Waals surface area contributed by atoms with Gasteiger partial charge in [-0.2, -0.15) is 0 Å². The van der Waals surface area contributed by atoms with Crippen molar-refractivity contribution in [3.8, 4) is 0 Å². The minimum Gasteiger partial charge on any atom is -0.0622 e.